The lowest BCUT2D eigenvalue weighted by Gasteiger charge is -2.38. The molecule has 2 aliphatic rings. The molecular weight excluding hydrogens is 192 g/mol. The van der Waals surface area contributed by atoms with E-state index in [1.807, 2.05) is 0 Å². The van der Waals surface area contributed by atoms with Gasteiger partial charge < -0.3 is 14.8 Å². The van der Waals surface area contributed by atoms with E-state index in [0.29, 0.717) is 6.04 Å². The van der Waals surface area contributed by atoms with E-state index in [2.05, 4.69) is 17.1 Å². The molecule has 0 unspecified atom stereocenters. The lowest BCUT2D eigenvalue weighted by molar-refractivity contribution is -0.207. The van der Waals surface area contributed by atoms with Crippen molar-refractivity contribution in [3.63, 3.8) is 0 Å². The van der Waals surface area contributed by atoms with Gasteiger partial charge in [0, 0.05) is 26.2 Å². The smallest absolute Gasteiger partial charge is 0.157 e. The topological polar surface area (TPSA) is 33.7 Å². The molecule has 0 bridgehead atoms. The van der Waals surface area contributed by atoms with Gasteiger partial charge in [-0.15, -0.1) is 0 Å². The lowest BCUT2D eigenvalue weighted by Crippen LogP contribution is -2.54. The summed E-state index contributed by atoms with van der Waals surface area (Å²) in [5, 5.41) is 3.36. The largest absolute Gasteiger partial charge is 0.351 e. The molecule has 2 aliphatic heterocycles. The number of nitrogens with zero attached hydrogens (tertiary/aromatic N) is 1. The summed E-state index contributed by atoms with van der Waals surface area (Å²) in [6.45, 7) is 8.26. The highest BCUT2D eigenvalue weighted by Crippen LogP contribution is 2.14. The highest BCUT2D eigenvalue weighted by molar-refractivity contribution is 4.78. The van der Waals surface area contributed by atoms with Crippen molar-refractivity contribution >= 4 is 0 Å². The molecule has 0 saturated carbocycles. The first-order chi connectivity index (χ1) is 7.40. The Balaban J connectivity index is 1.72. The summed E-state index contributed by atoms with van der Waals surface area (Å²) in [4.78, 5) is 2.47. The molecule has 1 N–H and O–H groups in total. The number of ether oxygens (including phenoxy) is 2. The monoisotopic (exact) mass is 214 g/mol. The first-order valence-electron chi connectivity index (χ1n) is 6.08. The molecule has 0 aromatic heterocycles. The zero-order valence-corrected chi connectivity index (χ0v) is 9.58. The van der Waals surface area contributed by atoms with Gasteiger partial charge in [0.05, 0.1) is 19.3 Å². The van der Waals surface area contributed by atoms with Gasteiger partial charge in [-0.05, 0) is 6.42 Å². The van der Waals surface area contributed by atoms with Gasteiger partial charge in [-0.1, -0.05) is 13.3 Å². The van der Waals surface area contributed by atoms with Crippen LogP contribution in [0.3, 0.4) is 0 Å². The second kappa shape index (κ2) is 5.80. The highest BCUT2D eigenvalue weighted by atomic mass is 16.7. The van der Waals surface area contributed by atoms with Gasteiger partial charge in [-0.3, -0.25) is 4.90 Å². The first-order valence-corrected chi connectivity index (χ1v) is 6.08. The van der Waals surface area contributed by atoms with Crippen LogP contribution >= 0.6 is 0 Å². The second-order valence-corrected chi connectivity index (χ2v) is 4.32. The van der Waals surface area contributed by atoms with Gasteiger partial charge in [0.25, 0.3) is 0 Å². The minimum atomic E-state index is 0.0502. The summed E-state index contributed by atoms with van der Waals surface area (Å²) in [7, 11) is 0. The molecule has 2 saturated heterocycles. The maximum Gasteiger partial charge on any atom is 0.157 e. The lowest BCUT2D eigenvalue weighted by atomic mass is 10.2. The predicted molar refractivity (Wildman–Crippen MR) is 58.8 cm³/mol. The summed E-state index contributed by atoms with van der Waals surface area (Å²) in [6, 6.07) is 0.472. The molecule has 0 aromatic rings. The zero-order chi connectivity index (χ0) is 10.5. The van der Waals surface area contributed by atoms with Crippen molar-refractivity contribution < 1.29 is 9.47 Å². The van der Waals surface area contributed by atoms with E-state index < -0.39 is 0 Å². The molecule has 4 heteroatoms. The summed E-state index contributed by atoms with van der Waals surface area (Å²) < 4.78 is 11.4. The molecule has 15 heavy (non-hydrogen) atoms. The van der Waals surface area contributed by atoms with Crippen LogP contribution in [0.25, 0.3) is 0 Å². The van der Waals surface area contributed by atoms with E-state index in [-0.39, 0.29) is 6.29 Å². The van der Waals surface area contributed by atoms with Crippen LogP contribution in [-0.2, 0) is 9.47 Å². The SMILES string of the molecule is CCCC1OCC(N2CCNCC2)CO1. The summed E-state index contributed by atoms with van der Waals surface area (Å²) in [5.74, 6) is 0. The minimum absolute atomic E-state index is 0.0502. The van der Waals surface area contributed by atoms with Crippen LogP contribution < -0.4 is 5.32 Å². The van der Waals surface area contributed by atoms with Crippen LogP contribution in [0.2, 0.25) is 0 Å². The Morgan fingerprint density at radius 2 is 1.87 bits per heavy atom. The molecule has 0 spiro atoms. The number of hydrogen-bond donors (Lipinski definition) is 1. The number of hydrogen-bond acceptors (Lipinski definition) is 4. The van der Waals surface area contributed by atoms with E-state index in [4.69, 9.17) is 9.47 Å². The molecule has 0 radical (unpaired) electrons. The maximum absolute atomic E-state index is 5.70. The van der Waals surface area contributed by atoms with Crippen LogP contribution in [-0.4, -0.2) is 56.6 Å². The van der Waals surface area contributed by atoms with Crippen molar-refractivity contribution in [2.45, 2.75) is 32.1 Å². The van der Waals surface area contributed by atoms with Crippen molar-refractivity contribution in [1.29, 1.82) is 0 Å². The molecule has 0 atom stereocenters. The van der Waals surface area contributed by atoms with Crippen molar-refractivity contribution in [3.8, 4) is 0 Å². The van der Waals surface area contributed by atoms with Crippen LogP contribution in [0.5, 0.6) is 0 Å². The van der Waals surface area contributed by atoms with Crippen LogP contribution in [0.4, 0.5) is 0 Å². The van der Waals surface area contributed by atoms with E-state index in [0.717, 1.165) is 52.2 Å². The van der Waals surface area contributed by atoms with Gasteiger partial charge in [0.1, 0.15) is 0 Å². The Kier molecular flexibility index (Phi) is 4.38. The fourth-order valence-corrected chi connectivity index (χ4v) is 2.19. The summed E-state index contributed by atoms with van der Waals surface area (Å²) in [6.07, 6.45) is 2.20. The molecule has 88 valence electrons. The third-order valence-corrected chi connectivity index (χ3v) is 3.14. The van der Waals surface area contributed by atoms with Crippen molar-refractivity contribution in [2.24, 2.45) is 0 Å². The van der Waals surface area contributed by atoms with E-state index in [1.165, 1.54) is 0 Å². The summed E-state index contributed by atoms with van der Waals surface area (Å²) in [5.41, 5.74) is 0. The zero-order valence-electron chi connectivity index (χ0n) is 9.58. The molecule has 0 aliphatic carbocycles. The van der Waals surface area contributed by atoms with E-state index in [1.54, 1.807) is 0 Å². The van der Waals surface area contributed by atoms with Gasteiger partial charge in [-0.2, -0.15) is 0 Å². The molecule has 2 rings (SSSR count). The Labute approximate surface area is 91.9 Å². The van der Waals surface area contributed by atoms with Crippen molar-refractivity contribution in [3.05, 3.63) is 0 Å². The molecule has 4 nitrogen and oxygen atoms in total. The van der Waals surface area contributed by atoms with Crippen molar-refractivity contribution in [1.82, 2.24) is 10.2 Å². The fourth-order valence-electron chi connectivity index (χ4n) is 2.19. The third kappa shape index (κ3) is 3.14. The Morgan fingerprint density at radius 1 is 1.20 bits per heavy atom. The molecule has 0 aromatic carbocycles. The second-order valence-electron chi connectivity index (χ2n) is 4.32. The number of nitrogens with one attached hydrogen (secondary N) is 1. The van der Waals surface area contributed by atoms with Gasteiger partial charge >= 0.3 is 0 Å². The average molecular weight is 214 g/mol. The summed E-state index contributed by atoms with van der Waals surface area (Å²) >= 11 is 0. The van der Waals surface area contributed by atoms with Crippen LogP contribution in [0, 0.1) is 0 Å². The minimum Gasteiger partial charge on any atom is -0.351 e. The molecular formula is C11H22N2O2. The van der Waals surface area contributed by atoms with Gasteiger partial charge in [-0.25, -0.2) is 0 Å². The van der Waals surface area contributed by atoms with Crippen LogP contribution in [0.1, 0.15) is 19.8 Å². The van der Waals surface area contributed by atoms with E-state index >= 15 is 0 Å². The van der Waals surface area contributed by atoms with Crippen molar-refractivity contribution in [2.75, 3.05) is 39.4 Å². The van der Waals surface area contributed by atoms with E-state index in [9.17, 15) is 0 Å². The quantitative estimate of drug-likeness (QED) is 0.739. The number of piperazine rings is 1. The van der Waals surface area contributed by atoms with Gasteiger partial charge in [0.2, 0.25) is 0 Å². The normalized spacial score (nSPS) is 34.2. The molecule has 2 heterocycles. The van der Waals surface area contributed by atoms with Crippen LogP contribution in [0.15, 0.2) is 0 Å². The number of rotatable bonds is 3. The standard InChI is InChI=1S/C11H22N2O2/c1-2-3-11-14-8-10(9-15-11)13-6-4-12-5-7-13/h10-12H,2-9H2,1H3. The Hall–Kier alpha value is -0.160. The third-order valence-electron chi connectivity index (χ3n) is 3.14. The maximum atomic E-state index is 5.70. The predicted octanol–water partition coefficient (Wildman–Crippen LogP) is 0.433. The Morgan fingerprint density at radius 3 is 2.47 bits per heavy atom. The first kappa shape index (κ1) is 11.3. The highest BCUT2D eigenvalue weighted by Gasteiger charge is 2.27. The average Bonchev–Trinajstić information content (AvgIpc) is 2.32. The fraction of sp³-hybridized carbons (Fsp3) is 1.00. The van der Waals surface area contributed by atoms with Gasteiger partial charge in [0.15, 0.2) is 6.29 Å². The molecule has 2 fully saturated rings. The molecule has 0 amide bonds. The Bertz CT molecular complexity index is 175.